The van der Waals surface area contributed by atoms with Crippen LogP contribution in [-0.4, -0.2) is 23.6 Å². The van der Waals surface area contributed by atoms with E-state index in [-0.39, 0.29) is 5.54 Å². The lowest BCUT2D eigenvalue weighted by Gasteiger charge is -2.38. The average molecular weight is 247 g/mol. The van der Waals surface area contributed by atoms with Crippen LogP contribution in [0.25, 0.3) is 0 Å². The molecule has 1 aliphatic carbocycles. The zero-order chi connectivity index (χ0) is 13.2. The first-order chi connectivity index (χ1) is 8.54. The van der Waals surface area contributed by atoms with E-state index in [0.29, 0.717) is 0 Å². The van der Waals surface area contributed by atoms with Gasteiger partial charge in [0.2, 0.25) is 0 Å². The van der Waals surface area contributed by atoms with Crippen LogP contribution >= 0.6 is 0 Å². The normalized spacial score (nSPS) is 15.8. The lowest BCUT2D eigenvalue weighted by atomic mass is 9.98. The van der Waals surface area contributed by atoms with Gasteiger partial charge in [-0.05, 0) is 39.2 Å². The van der Waals surface area contributed by atoms with Gasteiger partial charge in [-0.3, -0.25) is 4.98 Å². The number of anilines is 1. The van der Waals surface area contributed by atoms with Crippen molar-refractivity contribution in [2.24, 2.45) is 0 Å². The smallest absolute Gasteiger partial charge is 0.0444 e. The van der Waals surface area contributed by atoms with Crippen molar-refractivity contribution < 1.29 is 0 Å². The predicted molar refractivity (Wildman–Crippen MR) is 76.9 cm³/mol. The molecule has 3 heteroatoms. The molecule has 100 valence electrons. The Balaban J connectivity index is 2.14. The Kier molecular flexibility index (Phi) is 3.91. The number of nitrogens with zero attached hydrogens (tertiary/aromatic N) is 2. The van der Waals surface area contributed by atoms with Crippen LogP contribution in [0.15, 0.2) is 18.5 Å². The molecule has 0 spiro atoms. The van der Waals surface area contributed by atoms with E-state index in [9.17, 15) is 0 Å². The van der Waals surface area contributed by atoms with Gasteiger partial charge in [0, 0.05) is 48.8 Å². The van der Waals surface area contributed by atoms with Gasteiger partial charge in [0.1, 0.15) is 0 Å². The third-order valence-electron chi connectivity index (χ3n) is 4.17. The lowest BCUT2D eigenvalue weighted by molar-refractivity contribution is 0.469. The van der Waals surface area contributed by atoms with Crippen LogP contribution in [-0.2, 0) is 6.54 Å². The number of hydrogen-bond acceptors (Lipinski definition) is 3. The van der Waals surface area contributed by atoms with E-state index < -0.39 is 0 Å². The number of pyridine rings is 1. The fourth-order valence-electron chi connectivity index (χ4n) is 1.99. The summed E-state index contributed by atoms with van der Waals surface area (Å²) in [5, 5.41) is 3.57. The predicted octanol–water partition coefficient (Wildman–Crippen LogP) is 2.96. The minimum atomic E-state index is 0.176. The molecule has 0 radical (unpaired) electrons. The molecule has 0 aromatic carbocycles. The summed E-state index contributed by atoms with van der Waals surface area (Å²) in [6.07, 6.45) is 7.66. The summed E-state index contributed by atoms with van der Waals surface area (Å²) in [5.74, 6) is 0. The van der Waals surface area contributed by atoms with E-state index >= 15 is 0 Å². The second kappa shape index (κ2) is 5.27. The molecule has 0 atom stereocenters. The Morgan fingerprint density at radius 1 is 1.44 bits per heavy atom. The summed E-state index contributed by atoms with van der Waals surface area (Å²) in [7, 11) is 2.18. The van der Waals surface area contributed by atoms with Crippen molar-refractivity contribution in [2.45, 2.75) is 58.2 Å². The third-order valence-corrected chi connectivity index (χ3v) is 4.17. The highest BCUT2D eigenvalue weighted by molar-refractivity contribution is 5.53. The maximum absolute atomic E-state index is 4.27. The standard InChI is InChI=1S/C15H25N3/c1-5-15(2,3)18(4)14-8-9-16-10-12(14)11-17-13-6-7-13/h8-10,13,17H,5-7,11H2,1-4H3. The molecule has 1 aliphatic rings. The van der Waals surface area contributed by atoms with Gasteiger partial charge >= 0.3 is 0 Å². The quantitative estimate of drug-likeness (QED) is 0.837. The molecule has 0 amide bonds. The van der Waals surface area contributed by atoms with Crippen molar-refractivity contribution in [2.75, 3.05) is 11.9 Å². The van der Waals surface area contributed by atoms with Gasteiger partial charge in [-0.1, -0.05) is 6.92 Å². The van der Waals surface area contributed by atoms with Crippen LogP contribution in [0.3, 0.4) is 0 Å². The maximum atomic E-state index is 4.27. The molecule has 18 heavy (non-hydrogen) atoms. The molecule has 0 saturated heterocycles. The van der Waals surface area contributed by atoms with Gasteiger partial charge in [-0.15, -0.1) is 0 Å². The molecule has 0 aliphatic heterocycles. The third kappa shape index (κ3) is 3.02. The maximum Gasteiger partial charge on any atom is 0.0444 e. The first-order valence-corrected chi connectivity index (χ1v) is 6.94. The highest BCUT2D eigenvalue weighted by Crippen LogP contribution is 2.28. The summed E-state index contributed by atoms with van der Waals surface area (Å²) in [6.45, 7) is 7.73. The Hall–Kier alpha value is -1.09. The lowest BCUT2D eigenvalue weighted by Crippen LogP contribution is -2.41. The molecular weight excluding hydrogens is 222 g/mol. The van der Waals surface area contributed by atoms with E-state index in [1.807, 2.05) is 12.4 Å². The molecule has 0 unspecified atom stereocenters. The van der Waals surface area contributed by atoms with Crippen LogP contribution in [0.1, 0.15) is 45.6 Å². The Bertz CT molecular complexity index is 396. The van der Waals surface area contributed by atoms with Crippen LogP contribution in [0.4, 0.5) is 5.69 Å². The topological polar surface area (TPSA) is 28.2 Å². The zero-order valence-corrected chi connectivity index (χ0v) is 12.0. The summed E-state index contributed by atoms with van der Waals surface area (Å²) >= 11 is 0. The van der Waals surface area contributed by atoms with E-state index in [4.69, 9.17) is 0 Å². The van der Waals surface area contributed by atoms with Crippen molar-refractivity contribution in [3.63, 3.8) is 0 Å². The molecule has 0 bridgehead atoms. The molecular formula is C15H25N3. The fourth-order valence-corrected chi connectivity index (χ4v) is 1.99. The molecule has 1 fully saturated rings. The first kappa shape index (κ1) is 13.3. The Morgan fingerprint density at radius 3 is 2.78 bits per heavy atom. The number of aromatic nitrogens is 1. The molecule has 1 aromatic rings. The van der Waals surface area contributed by atoms with E-state index in [0.717, 1.165) is 19.0 Å². The van der Waals surface area contributed by atoms with Crippen LogP contribution in [0.5, 0.6) is 0 Å². The van der Waals surface area contributed by atoms with Gasteiger partial charge in [0.05, 0.1) is 0 Å². The van der Waals surface area contributed by atoms with E-state index in [2.05, 4.69) is 49.1 Å². The second-order valence-corrected chi connectivity index (χ2v) is 5.88. The van der Waals surface area contributed by atoms with Gasteiger partial charge in [0.25, 0.3) is 0 Å². The molecule has 1 heterocycles. The van der Waals surface area contributed by atoms with E-state index in [1.54, 1.807) is 0 Å². The first-order valence-electron chi connectivity index (χ1n) is 6.94. The molecule has 1 saturated carbocycles. The van der Waals surface area contributed by atoms with Crippen molar-refractivity contribution in [1.82, 2.24) is 10.3 Å². The minimum Gasteiger partial charge on any atom is -0.369 e. The van der Waals surface area contributed by atoms with Crippen molar-refractivity contribution in [3.8, 4) is 0 Å². The second-order valence-electron chi connectivity index (χ2n) is 5.88. The van der Waals surface area contributed by atoms with Gasteiger partial charge in [-0.25, -0.2) is 0 Å². The summed E-state index contributed by atoms with van der Waals surface area (Å²) in [6, 6.07) is 2.86. The highest BCUT2D eigenvalue weighted by Gasteiger charge is 2.24. The SMILES string of the molecule is CCC(C)(C)N(C)c1ccncc1CNC1CC1. The number of hydrogen-bond donors (Lipinski definition) is 1. The molecule has 1 aromatic heterocycles. The highest BCUT2D eigenvalue weighted by atomic mass is 15.2. The largest absolute Gasteiger partial charge is 0.369 e. The van der Waals surface area contributed by atoms with Crippen molar-refractivity contribution in [3.05, 3.63) is 24.0 Å². The summed E-state index contributed by atoms with van der Waals surface area (Å²) in [4.78, 5) is 6.64. The van der Waals surface area contributed by atoms with Gasteiger partial charge < -0.3 is 10.2 Å². The zero-order valence-electron chi connectivity index (χ0n) is 12.0. The van der Waals surface area contributed by atoms with Crippen LogP contribution in [0.2, 0.25) is 0 Å². The summed E-state index contributed by atoms with van der Waals surface area (Å²) in [5.41, 5.74) is 2.77. The van der Waals surface area contributed by atoms with Crippen LogP contribution < -0.4 is 10.2 Å². The average Bonchev–Trinajstić information content (AvgIpc) is 3.20. The summed E-state index contributed by atoms with van der Waals surface area (Å²) < 4.78 is 0. The number of nitrogens with one attached hydrogen (secondary N) is 1. The monoisotopic (exact) mass is 247 g/mol. The molecule has 3 nitrogen and oxygen atoms in total. The van der Waals surface area contributed by atoms with Crippen molar-refractivity contribution in [1.29, 1.82) is 0 Å². The fraction of sp³-hybridized carbons (Fsp3) is 0.667. The number of rotatable bonds is 6. The van der Waals surface area contributed by atoms with Crippen LogP contribution in [0, 0.1) is 0 Å². The van der Waals surface area contributed by atoms with Crippen molar-refractivity contribution >= 4 is 5.69 Å². The Morgan fingerprint density at radius 2 is 2.17 bits per heavy atom. The van der Waals surface area contributed by atoms with Gasteiger partial charge in [-0.2, -0.15) is 0 Å². The van der Waals surface area contributed by atoms with Gasteiger partial charge in [0.15, 0.2) is 0 Å². The van der Waals surface area contributed by atoms with E-state index in [1.165, 1.54) is 24.1 Å². The molecule has 2 rings (SSSR count). The minimum absolute atomic E-state index is 0.176. The molecule has 1 N–H and O–H groups in total. The Labute approximate surface area is 111 Å².